The number of carbonyl (C=O) groups is 3. The number of fused-ring (bicyclic) bond motifs is 5. The van der Waals surface area contributed by atoms with E-state index in [2.05, 4.69) is 22.5 Å². The van der Waals surface area contributed by atoms with E-state index in [-0.39, 0.29) is 41.4 Å². The summed E-state index contributed by atoms with van der Waals surface area (Å²) >= 11 is 0. The van der Waals surface area contributed by atoms with Crippen LogP contribution in [0, 0.1) is 23.7 Å². The molecule has 4 atom stereocenters. The Morgan fingerprint density at radius 3 is 2.29 bits per heavy atom. The number of imide groups is 1. The zero-order valence-corrected chi connectivity index (χ0v) is 15.1. The topological polar surface area (TPSA) is 79.4 Å². The van der Waals surface area contributed by atoms with Gasteiger partial charge in [0.05, 0.1) is 29.8 Å². The van der Waals surface area contributed by atoms with Crippen molar-refractivity contribution in [3.05, 3.63) is 72.1 Å². The first-order chi connectivity index (χ1) is 13.6. The summed E-state index contributed by atoms with van der Waals surface area (Å²) in [7, 11) is 0. The Labute approximate surface area is 162 Å². The number of amides is 3. The number of benzene rings is 1. The standard InChI is InChI=1S/C22H19N3O3/c26-20(24-12-16-3-1-2-10-23-16)13-6-8-17(9-7-13)25-21(27)18-14-4-5-15(11-14)19(18)22(25)28/h1-10,14-15,18-19H,11-12H2,(H,24,26)/t14-,15+,18-,19+. The van der Waals surface area contributed by atoms with E-state index in [9.17, 15) is 14.4 Å². The average Bonchev–Trinajstić information content (AvgIpc) is 3.41. The van der Waals surface area contributed by atoms with Crippen LogP contribution in [0.15, 0.2) is 60.8 Å². The third kappa shape index (κ3) is 2.56. The Balaban J connectivity index is 1.30. The molecule has 3 amide bonds. The lowest BCUT2D eigenvalue weighted by Gasteiger charge is -2.17. The van der Waals surface area contributed by atoms with E-state index in [0.29, 0.717) is 17.8 Å². The van der Waals surface area contributed by atoms with Gasteiger partial charge in [0.1, 0.15) is 0 Å². The molecule has 2 bridgehead atoms. The molecule has 1 aliphatic heterocycles. The lowest BCUT2D eigenvalue weighted by molar-refractivity contribution is -0.123. The third-order valence-electron chi connectivity index (χ3n) is 6.01. The van der Waals surface area contributed by atoms with Gasteiger partial charge in [-0.25, -0.2) is 0 Å². The van der Waals surface area contributed by atoms with Gasteiger partial charge in [-0.15, -0.1) is 0 Å². The molecule has 2 fully saturated rings. The number of rotatable bonds is 4. The predicted molar refractivity (Wildman–Crippen MR) is 102 cm³/mol. The van der Waals surface area contributed by atoms with E-state index in [0.717, 1.165) is 12.1 Å². The summed E-state index contributed by atoms with van der Waals surface area (Å²) in [4.78, 5) is 43.5. The second-order valence-corrected chi connectivity index (χ2v) is 7.56. The van der Waals surface area contributed by atoms with E-state index in [1.54, 1.807) is 30.5 Å². The zero-order chi connectivity index (χ0) is 19.3. The van der Waals surface area contributed by atoms with Gasteiger partial charge in [-0.05, 0) is 54.7 Å². The highest BCUT2D eigenvalue weighted by atomic mass is 16.2. The highest BCUT2D eigenvalue weighted by Gasteiger charge is 2.59. The van der Waals surface area contributed by atoms with Crippen molar-refractivity contribution in [3.63, 3.8) is 0 Å². The number of nitrogens with one attached hydrogen (secondary N) is 1. The number of hydrogen-bond donors (Lipinski definition) is 1. The maximum absolute atomic E-state index is 12.9. The van der Waals surface area contributed by atoms with Crippen molar-refractivity contribution in [1.82, 2.24) is 10.3 Å². The van der Waals surface area contributed by atoms with Crippen LogP contribution in [-0.4, -0.2) is 22.7 Å². The van der Waals surface area contributed by atoms with E-state index in [1.807, 2.05) is 18.2 Å². The van der Waals surface area contributed by atoms with E-state index in [4.69, 9.17) is 0 Å². The molecule has 0 unspecified atom stereocenters. The van der Waals surface area contributed by atoms with Crippen molar-refractivity contribution < 1.29 is 14.4 Å². The van der Waals surface area contributed by atoms with Crippen molar-refractivity contribution in [2.45, 2.75) is 13.0 Å². The van der Waals surface area contributed by atoms with E-state index in [1.165, 1.54) is 4.90 Å². The molecule has 2 heterocycles. The highest BCUT2D eigenvalue weighted by Crippen LogP contribution is 2.53. The Morgan fingerprint density at radius 1 is 1.00 bits per heavy atom. The minimum atomic E-state index is -0.226. The van der Waals surface area contributed by atoms with Crippen molar-refractivity contribution in [3.8, 4) is 0 Å². The minimum absolute atomic E-state index is 0.112. The zero-order valence-electron chi connectivity index (χ0n) is 15.1. The van der Waals surface area contributed by atoms with Crippen LogP contribution in [0.3, 0.4) is 0 Å². The number of anilines is 1. The summed E-state index contributed by atoms with van der Waals surface area (Å²) in [6.07, 6.45) is 6.75. The maximum atomic E-state index is 12.9. The molecule has 6 heteroatoms. The quantitative estimate of drug-likeness (QED) is 0.659. The Morgan fingerprint density at radius 2 is 1.68 bits per heavy atom. The van der Waals surface area contributed by atoms with Crippen LogP contribution in [0.2, 0.25) is 0 Å². The van der Waals surface area contributed by atoms with Gasteiger partial charge in [0, 0.05) is 11.8 Å². The normalized spacial score (nSPS) is 27.4. The number of allylic oxidation sites excluding steroid dienone is 2. The molecule has 1 saturated carbocycles. The van der Waals surface area contributed by atoms with Gasteiger partial charge >= 0.3 is 0 Å². The number of aromatic nitrogens is 1. The average molecular weight is 373 g/mol. The van der Waals surface area contributed by atoms with E-state index >= 15 is 0 Å². The minimum Gasteiger partial charge on any atom is -0.346 e. The molecule has 1 aromatic carbocycles. The number of carbonyl (C=O) groups excluding carboxylic acids is 3. The predicted octanol–water partition coefficient (Wildman–Crippen LogP) is 2.32. The summed E-state index contributed by atoms with van der Waals surface area (Å²) in [5, 5.41) is 2.82. The van der Waals surface area contributed by atoms with Crippen molar-refractivity contribution in [1.29, 1.82) is 0 Å². The van der Waals surface area contributed by atoms with Crippen LogP contribution < -0.4 is 10.2 Å². The Kier molecular flexibility index (Phi) is 3.86. The molecule has 28 heavy (non-hydrogen) atoms. The van der Waals surface area contributed by atoms with Crippen LogP contribution in [-0.2, 0) is 16.1 Å². The molecule has 5 rings (SSSR count). The molecule has 6 nitrogen and oxygen atoms in total. The van der Waals surface area contributed by atoms with Crippen molar-refractivity contribution in [2.75, 3.05) is 4.90 Å². The first-order valence-corrected chi connectivity index (χ1v) is 9.48. The van der Waals surface area contributed by atoms with Gasteiger partial charge in [0.2, 0.25) is 11.8 Å². The number of hydrogen-bond acceptors (Lipinski definition) is 4. The van der Waals surface area contributed by atoms with Gasteiger partial charge in [-0.1, -0.05) is 18.2 Å². The summed E-state index contributed by atoms with van der Waals surface area (Å²) in [5.74, 6) is -0.511. The Hall–Kier alpha value is -3.28. The summed E-state index contributed by atoms with van der Waals surface area (Å²) in [5.41, 5.74) is 1.78. The Bertz CT molecular complexity index is 954. The van der Waals surface area contributed by atoms with E-state index < -0.39 is 0 Å². The summed E-state index contributed by atoms with van der Waals surface area (Å²) in [6.45, 7) is 0.337. The SMILES string of the molecule is O=C(NCc1ccccn1)c1ccc(N2C(=O)[C@@H]3[C@H](C2=O)[C@@H]2C=C[C@H]3C2)cc1. The third-order valence-corrected chi connectivity index (χ3v) is 6.01. The fourth-order valence-corrected chi connectivity index (χ4v) is 4.69. The van der Waals surface area contributed by atoms with Crippen LogP contribution in [0.1, 0.15) is 22.5 Å². The van der Waals surface area contributed by atoms with Gasteiger partial charge in [-0.2, -0.15) is 0 Å². The van der Waals surface area contributed by atoms with Gasteiger partial charge in [0.25, 0.3) is 5.91 Å². The summed E-state index contributed by atoms with van der Waals surface area (Å²) < 4.78 is 0. The largest absolute Gasteiger partial charge is 0.346 e. The molecular formula is C22H19N3O3. The second kappa shape index (κ2) is 6.41. The van der Waals surface area contributed by atoms with Crippen molar-refractivity contribution in [2.24, 2.45) is 23.7 Å². The van der Waals surface area contributed by atoms with Gasteiger partial charge in [0.15, 0.2) is 0 Å². The summed E-state index contributed by atoms with van der Waals surface area (Å²) in [6, 6.07) is 12.1. The van der Waals surface area contributed by atoms with Crippen molar-refractivity contribution >= 4 is 23.4 Å². The highest BCUT2D eigenvalue weighted by molar-refractivity contribution is 6.22. The molecule has 140 valence electrons. The maximum Gasteiger partial charge on any atom is 0.251 e. The second-order valence-electron chi connectivity index (χ2n) is 7.56. The molecule has 1 N–H and O–H groups in total. The fraction of sp³-hybridized carbons (Fsp3) is 0.273. The molecular weight excluding hydrogens is 354 g/mol. The monoisotopic (exact) mass is 373 g/mol. The van der Waals surface area contributed by atoms with Crippen LogP contribution in [0.5, 0.6) is 0 Å². The molecule has 2 aliphatic carbocycles. The van der Waals surface area contributed by atoms with Gasteiger partial charge in [-0.3, -0.25) is 24.3 Å². The molecule has 0 spiro atoms. The lowest BCUT2D eigenvalue weighted by atomic mass is 9.85. The van der Waals surface area contributed by atoms with Crippen LogP contribution in [0.25, 0.3) is 0 Å². The molecule has 1 saturated heterocycles. The smallest absolute Gasteiger partial charge is 0.251 e. The number of pyridine rings is 1. The first-order valence-electron chi connectivity index (χ1n) is 9.48. The van der Waals surface area contributed by atoms with Crippen LogP contribution in [0.4, 0.5) is 5.69 Å². The fourth-order valence-electron chi connectivity index (χ4n) is 4.69. The molecule has 2 aromatic rings. The number of nitrogens with zero attached hydrogens (tertiary/aromatic N) is 2. The molecule has 1 aromatic heterocycles. The molecule has 0 radical (unpaired) electrons. The first kappa shape index (κ1) is 16.9. The lowest BCUT2D eigenvalue weighted by Crippen LogP contribution is -2.33. The van der Waals surface area contributed by atoms with Crippen LogP contribution >= 0.6 is 0 Å². The molecule has 3 aliphatic rings. The van der Waals surface area contributed by atoms with Gasteiger partial charge < -0.3 is 5.32 Å².